The summed E-state index contributed by atoms with van der Waals surface area (Å²) in [7, 11) is 1.97. The van der Waals surface area contributed by atoms with E-state index in [9.17, 15) is 0 Å². The van der Waals surface area contributed by atoms with E-state index in [0.717, 1.165) is 30.8 Å². The highest BCUT2D eigenvalue weighted by Gasteiger charge is 2.09. The van der Waals surface area contributed by atoms with Crippen LogP contribution in [0.4, 0.5) is 0 Å². The zero-order chi connectivity index (χ0) is 12.1. The average Bonchev–Trinajstić information content (AvgIpc) is 2.80. The molecular weight excluding hydrogens is 212 g/mol. The van der Waals surface area contributed by atoms with Crippen molar-refractivity contribution in [3.63, 3.8) is 0 Å². The SMILES string of the molecule is CCn1cc(CCNC)c(-c2ccncc2)n1. The molecule has 4 nitrogen and oxygen atoms in total. The third-order valence-corrected chi connectivity index (χ3v) is 2.76. The summed E-state index contributed by atoms with van der Waals surface area (Å²) in [5, 5.41) is 7.79. The largest absolute Gasteiger partial charge is 0.319 e. The number of aromatic nitrogens is 3. The number of nitrogens with zero attached hydrogens (tertiary/aromatic N) is 3. The van der Waals surface area contributed by atoms with Crippen LogP contribution in [0.3, 0.4) is 0 Å². The third kappa shape index (κ3) is 2.71. The number of rotatable bonds is 5. The van der Waals surface area contributed by atoms with Crippen molar-refractivity contribution < 1.29 is 0 Å². The van der Waals surface area contributed by atoms with Gasteiger partial charge in [-0.05, 0) is 44.6 Å². The van der Waals surface area contributed by atoms with Crippen molar-refractivity contribution in [3.8, 4) is 11.3 Å². The van der Waals surface area contributed by atoms with E-state index in [0.29, 0.717) is 0 Å². The molecule has 0 radical (unpaired) electrons. The lowest BCUT2D eigenvalue weighted by molar-refractivity contribution is 0.660. The maximum absolute atomic E-state index is 4.61. The van der Waals surface area contributed by atoms with Crippen molar-refractivity contribution >= 4 is 0 Å². The number of pyridine rings is 1. The van der Waals surface area contributed by atoms with Gasteiger partial charge in [-0.15, -0.1) is 0 Å². The van der Waals surface area contributed by atoms with E-state index < -0.39 is 0 Å². The van der Waals surface area contributed by atoms with Gasteiger partial charge in [-0.3, -0.25) is 9.67 Å². The Balaban J connectivity index is 2.34. The monoisotopic (exact) mass is 230 g/mol. The zero-order valence-corrected chi connectivity index (χ0v) is 10.3. The molecule has 0 aliphatic carbocycles. The Morgan fingerprint density at radius 2 is 2.06 bits per heavy atom. The Kier molecular flexibility index (Phi) is 3.88. The van der Waals surface area contributed by atoms with Crippen molar-refractivity contribution in [2.45, 2.75) is 19.9 Å². The van der Waals surface area contributed by atoms with Crippen LogP contribution in [0.5, 0.6) is 0 Å². The van der Waals surface area contributed by atoms with Crippen molar-refractivity contribution in [1.82, 2.24) is 20.1 Å². The van der Waals surface area contributed by atoms with Crippen LogP contribution in [0, 0.1) is 0 Å². The second kappa shape index (κ2) is 5.59. The summed E-state index contributed by atoms with van der Waals surface area (Å²) in [5.74, 6) is 0. The smallest absolute Gasteiger partial charge is 0.0956 e. The number of hydrogen-bond acceptors (Lipinski definition) is 3. The van der Waals surface area contributed by atoms with Gasteiger partial charge in [-0.2, -0.15) is 5.10 Å². The summed E-state index contributed by atoms with van der Waals surface area (Å²) in [5.41, 5.74) is 3.50. The lowest BCUT2D eigenvalue weighted by Crippen LogP contribution is -2.10. The van der Waals surface area contributed by atoms with E-state index in [2.05, 4.69) is 28.5 Å². The summed E-state index contributed by atoms with van der Waals surface area (Å²) in [4.78, 5) is 4.04. The molecule has 2 aromatic rings. The van der Waals surface area contributed by atoms with Gasteiger partial charge in [0.15, 0.2) is 0 Å². The zero-order valence-electron chi connectivity index (χ0n) is 10.3. The number of aryl methyl sites for hydroxylation is 1. The van der Waals surface area contributed by atoms with Crippen molar-refractivity contribution in [2.75, 3.05) is 13.6 Å². The predicted octanol–water partition coefficient (Wildman–Crippen LogP) is 1.73. The molecule has 1 N–H and O–H groups in total. The molecule has 2 rings (SSSR count). The topological polar surface area (TPSA) is 42.7 Å². The summed E-state index contributed by atoms with van der Waals surface area (Å²) < 4.78 is 1.99. The molecule has 17 heavy (non-hydrogen) atoms. The first-order valence-electron chi connectivity index (χ1n) is 5.96. The highest BCUT2D eigenvalue weighted by atomic mass is 15.3. The second-order valence-corrected chi connectivity index (χ2v) is 3.95. The van der Waals surface area contributed by atoms with Gasteiger partial charge < -0.3 is 5.32 Å². The Hall–Kier alpha value is -1.68. The fourth-order valence-electron chi connectivity index (χ4n) is 1.82. The highest BCUT2D eigenvalue weighted by Crippen LogP contribution is 2.21. The first-order chi connectivity index (χ1) is 8.35. The molecule has 0 fully saturated rings. The fourth-order valence-corrected chi connectivity index (χ4v) is 1.82. The van der Waals surface area contributed by atoms with Crippen LogP contribution < -0.4 is 5.32 Å². The molecule has 0 spiro atoms. The van der Waals surface area contributed by atoms with Crippen LogP contribution >= 0.6 is 0 Å². The molecule has 2 heterocycles. The van der Waals surface area contributed by atoms with Crippen molar-refractivity contribution in [1.29, 1.82) is 0 Å². The lowest BCUT2D eigenvalue weighted by atomic mass is 10.1. The van der Waals surface area contributed by atoms with Crippen LogP contribution in [0.25, 0.3) is 11.3 Å². The number of nitrogens with one attached hydrogen (secondary N) is 1. The Morgan fingerprint density at radius 3 is 2.71 bits per heavy atom. The normalized spacial score (nSPS) is 10.7. The molecule has 0 aliphatic heterocycles. The summed E-state index contributed by atoms with van der Waals surface area (Å²) in [6, 6.07) is 4.01. The van der Waals surface area contributed by atoms with Crippen LogP contribution in [-0.4, -0.2) is 28.4 Å². The maximum atomic E-state index is 4.61. The minimum absolute atomic E-state index is 0.900. The van der Waals surface area contributed by atoms with Crippen LogP contribution in [0.2, 0.25) is 0 Å². The molecule has 0 saturated carbocycles. The average molecular weight is 230 g/mol. The standard InChI is InChI=1S/C13H18N4/c1-3-17-10-12(4-7-14-2)13(16-17)11-5-8-15-9-6-11/h5-6,8-10,14H,3-4,7H2,1-2H3. The minimum atomic E-state index is 0.900. The van der Waals surface area contributed by atoms with Gasteiger partial charge >= 0.3 is 0 Å². The molecule has 0 unspecified atom stereocenters. The van der Waals surface area contributed by atoms with Crippen molar-refractivity contribution in [3.05, 3.63) is 36.3 Å². The van der Waals surface area contributed by atoms with Gasteiger partial charge in [0.2, 0.25) is 0 Å². The highest BCUT2D eigenvalue weighted by molar-refractivity contribution is 5.62. The minimum Gasteiger partial charge on any atom is -0.319 e. The quantitative estimate of drug-likeness (QED) is 0.850. The van der Waals surface area contributed by atoms with Gasteiger partial charge in [0.25, 0.3) is 0 Å². The van der Waals surface area contributed by atoms with Gasteiger partial charge in [0.1, 0.15) is 0 Å². The predicted molar refractivity (Wildman–Crippen MR) is 68.8 cm³/mol. The van der Waals surface area contributed by atoms with Gasteiger partial charge in [0.05, 0.1) is 5.69 Å². The molecule has 0 amide bonds. The van der Waals surface area contributed by atoms with Gasteiger partial charge in [-0.1, -0.05) is 0 Å². The fraction of sp³-hybridized carbons (Fsp3) is 0.385. The van der Waals surface area contributed by atoms with E-state index in [1.165, 1.54) is 5.56 Å². The van der Waals surface area contributed by atoms with Crippen LogP contribution in [0.15, 0.2) is 30.7 Å². The molecule has 0 saturated heterocycles. The second-order valence-electron chi connectivity index (χ2n) is 3.95. The first kappa shape index (κ1) is 11.8. The Morgan fingerprint density at radius 1 is 1.29 bits per heavy atom. The van der Waals surface area contributed by atoms with E-state index in [1.54, 1.807) is 0 Å². The van der Waals surface area contributed by atoms with E-state index in [-0.39, 0.29) is 0 Å². The van der Waals surface area contributed by atoms with Gasteiger partial charge in [-0.25, -0.2) is 0 Å². The van der Waals surface area contributed by atoms with Gasteiger partial charge in [0, 0.05) is 30.7 Å². The Bertz CT molecular complexity index is 462. The maximum Gasteiger partial charge on any atom is 0.0956 e. The van der Waals surface area contributed by atoms with Crippen LogP contribution in [0.1, 0.15) is 12.5 Å². The molecule has 0 atom stereocenters. The third-order valence-electron chi connectivity index (χ3n) is 2.76. The molecular formula is C13H18N4. The van der Waals surface area contributed by atoms with E-state index >= 15 is 0 Å². The van der Waals surface area contributed by atoms with E-state index in [4.69, 9.17) is 0 Å². The molecule has 2 aromatic heterocycles. The summed E-state index contributed by atoms with van der Waals surface area (Å²) >= 11 is 0. The lowest BCUT2D eigenvalue weighted by Gasteiger charge is -2.01. The summed E-state index contributed by atoms with van der Waals surface area (Å²) in [6.07, 6.45) is 6.74. The number of hydrogen-bond donors (Lipinski definition) is 1. The summed E-state index contributed by atoms with van der Waals surface area (Å²) in [6.45, 7) is 3.97. The van der Waals surface area contributed by atoms with E-state index in [1.807, 2.05) is 36.3 Å². The Labute approximate surface area is 102 Å². The molecule has 90 valence electrons. The first-order valence-corrected chi connectivity index (χ1v) is 5.96. The number of likely N-dealkylation sites (N-methyl/N-ethyl adjacent to an activating group) is 1. The molecule has 0 bridgehead atoms. The molecule has 0 aromatic carbocycles. The van der Waals surface area contributed by atoms with Crippen LogP contribution in [-0.2, 0) is 13.0 Å². The van der Waals surface area contributed by atoms with Crippen molar-refractivity contribution in [2.24, 2.45) is 0 Å². The molecule has 0 aliphatic rings. The molecule has 4 heteroatoms.